The Labute approximate surface area is 122 Å². The number of ether oxygens (including phenoxy) is 1. The highest BCUT2D eigenvalue weighted by Crippen LogP contribution is 2.33. The molecule has 110 valence electrons. The maximum Gasteiger partial charge on any atom is 0.331 e. The number of hydrogen-bond acceptors (Lipinski definition) is 4. The van der Waals surface area contributed by atoms with Gasteiger partial charge in [-0.15, -0.1) is 11.6 Å². The number of carboxylic acids is 1. The summed E-state index contributed by atoms with van der Waals surface area (Å²) >= 11 is 5.85. The molecule has 3 N–H and O–H groups in total. The Morgan fingerprint density at radius 3 is 2.10 bits per heavy atom. The fraction of sp³-hybridized carbons (Fsp3) is 0.429. The van der Waals surface area contributed by atoms with Crippen LogP contribution in [0.2, 0.25) is 0 Å². The summed E-state index contributed by atoms with van der Waals surface area (Å²) in [6, 6.07) is 7.89. The maximum atomic E-state index is 12.4. The largest absolute Gasteiger partial charge is 0.480 e. The summed E-state index contributed by atoms with van der Waals surface area (Å²) in [4.78, 5) is 24.1. The molecule has 0 aliphatic rings. The molecule has 0 radical (unpaired) electrons. The average molecular weight is 300 g/mol. The Balaban J connectivity index is 3.42. The Kier molecular flexibility index (Phi) is 4.78. The summed E-state index contributed by atoms with van der Waals surface area (Å²) in [5.74, 6) is -2.42. The molecule has 20 heavy (non-hydrogen) atoms. The molecule has 1 aromatic rings. The second-order valence-corrected chi connectivity index (χ2v) is 5.85. The van der Waals surface area contributed by atoms with Gasteiger partial charge in [-0.2, -0.15) is 0 Å². The molecule has 0 bridgehead atoms. The number of benzene rings is 1. The second-order valence-electron chi connectivity index (χ2n) is 5.38. The molecule has 5 nitrogen and oxygen atoms in total. The van der Waals surface area contributed by atoms with E-state index in [1.807, 2.05) is 0 Å². The molecule has 0 saturated carbocycles. The molecular formula is C14H18ClNO4. The highest BCUT2D eigenvalue weighted by molar-refractivity contribution is 6.27. The number of esters is 1. The van der Waals surface area contributed by atoms with Crippen molar-refractivity contribution in [1.29, 1.82) is 0 Å². The van der Waals surface area contributed by atoms with Crippen LogP contribution >= 0.6 is 11.6 Å². The average Bonchev–Trinajstić information content (AvgIpc) is 2.27. The van der Waals surface area contributed by atoms with E-state index in [0.717, 1.165) is 0 Å². The van der Waals surface area contributed by atoms with Gasteiger partial charge in [0.1, 0.15) is 11.1 Å². The zero-order valence-electron chi connectivity index (χ0n) is 11.6. The van der Waals surface area contributed by atoms with Gasteiger partial charge in [0.05, 0.1) is 0 Å². The van der Waals surface area contributed by atoms with Gasteiger partial charge in [0.25, 0.3) is 0 Å². The van der Waals surface area contributed by atoms with Crippen LogP contribution in [-0.2, 0) is 19.7 Å². The molecule has 1 aromatic carbocycles. The van der Waals surface area contributed by atoms with Gasteiger partial charge in [0.2, 0.25) is 5.41 Å². The summed E-state index contributed by atoms with van der Waals surface area (Å²) in [6.45, 7) is 4.92. The van der Waals surface area contributed by atoms with E-state index in [-0.39, 0.29) is 5.56 Å². The fourth-order valence-electron chi connectivity index (χ4n) is 1.78. The summed E-state index contributed by atoms with van der Waals surface area (Å²) in [6.07, 6.45) is 0. The lowest BCUT2D eigenvalue weighted by atomic mass is 9.80. The van der Waals surface area contributed by atoms with Crippen LogP contribution in [0.4, 0.5) is 0 Å². The van der Waals surface area contributed by atoms with Crippen LogP contribution in [0.1, 0.15) is 26.3 Å². The predicted molar refractivity (Wildman–Crippen MR) is 75.4 cm³/mol. The van der Waals surface area contributed by atoms with E-state index >= 15 is 0 Å². The van der Waals surface area contributed by atoms with Crippen molar-refractivity contribution in [3.63, 3.8) is 0 Å². The summed E-state index contributed by atoms with van der Waals surface area (Å²) in [5, 5.41) is 9.55. The van der Waals surface area contributed by atoms with Crippen LogP contribution < -0.4 is 5.73 Å². The maximum absolute atomic E-state index is 12.4. The Bertz CT molecular complexity index is 496. The van der Waals surface area contributed by atoms with Crippen molar-refractivity contribution in [2.45, 2.75) is 37.3 Å². The fourth-order valence-corrected chi connectivity index (χ4v) is 2.09. The Morgan fingerprint density at radius 1 is 1.25 bits per heavy atom. The smallest absolute Gasteiger partial charge is 0.331 e. The molecule has 0 fully saturated rings. The van der Waals surface area contributed by atoms with E-state index < -0.39 is 28.5 Å². The minimum Gasteiger partial charge on any atom is -0.480 e. The minimum absolute atomic E-state index is 0.184. The Morgan fingerprint density at radius 2 is 1.75 bits per heavy atom. The number of aliphatic carboxylic acids is 1. The Hall–Kier alpha value is -1.59. The number of rotatable bonds is 4. The molecule has 1 rings (SSSR count). The van der Waals surface area contributed by atoms with Gasteiger partial charge in [-0.25, -0.2) is 0 Å². The lowest BCUT2D eigenvalue weighted by Crippen LogP contribution is -2.56. The van der Waals surface area contributed by atoms with E-state index in [1.54, 1.807) is 39.0 Å². The zero-order valence-corrected chi connectivity index (χ0v) is 12.3. The van der Waals surface area contributed by atoms with Crippen LogP contribution in [0, 0.1) is 0 Å². The van der Waals surface area contributed by atoms with Gasteiger partial charge >= 0.3 is 11.9 Å². The van der Waals surface area contributed by atoms with Crippen LogP contribution in [-0.4, -0.2) is 28.1 Å². The molecule has 0 heterocycles. The van der Waals surface area contributed by atoms with Crippen LogP contribution in [0.25, 0.3) is 0 Å². The minimum atomic E-state index is -2.14. The molecule has 0 aromatic heterocycles. The molecule has 1 unspecified atom stereocenters. The van der Waals surface area contributed by atoms with E-state index in [9.17, 15) is 14.7 Å². The lowest BCUT2D eigenvalue weighted by Gasteiger charge is -2.33. The molecule has 6 heteroatoms. The van der Waals surface area contributed by atoms with Gasteiger partial charge in [0.15, 0.2) is 0 Å². The predicted octanol–water partition coefficient (Wildman–Crippen LogP) is 1.87. The number of hydrogen-bond donors (Lipinski definition) is 2. The van der Waals surface area contributed by atoms with Crippen LogP contribution in [0.3, 0.4) is 0 Å². The normalized spacial score (nSPS) is 16.1. The SMILES string of the molecule is CC(C)(C)OC(=O)[C@@](C(=O)O)(c1ccccc1)C(N)Cl. The molecular weight excluding hydrogens is 282 g/mol. The summed E-state index contributed by atoms with van der Waals surface area (Å²) in [7, 11) is 0. The van der Waals surface area contributed by atoms with E-state index in [1.165, 1.54) is 12.1 Å². The molecule has 0 spiro atoms. The van der Waals surface area contributed by atoms with Crippen molar-refractivity contribution < 1.29 is 19.4 Å². The van der Waals surface area contributed by atoms with Crippen molar-refractivity contribution in [3.8, 4) is 0 Å². The summed E-state index contributed by atoms with van der Waals surface area (Å²) < 4.78 is 5.20. The van der Waals surface area contributed by atoms with E-state index in [4.69, 9.17) is 22.1 Å². The molecule has 0 amide bonds. The highest BCUT2D eigenvalue weighted by Gasteiger charge is 2.55. The lowest BCUT2D eigenvalue weighted by molar-refractivity contribution is -0.170. The molecule has 0 aliphatic heterocycles. The second kappa shape index (κ2) is 5.81. The van der Waals surface area contributed by atoms with Gasteiger partial charge in [-0.3, -0.25) is 9.59 Å². The first-order valence-electron chi connectivity index (χ1n) is 6.04. The van der Waals surface area contributed by atoms with E-state index in [0.29, 0.717) is 0 Å². The van der Waals surface area contributed by atoms with Crippen LogP contribution in [0.15, 0.2) is 30.3 Å². The number of halogens is 1. The number of carbonyl (C=O) groups excluding carboxylic acids is 1. The number of carbonyl (C=O) groups is 2. The third-order valence-electron chi connectivity index (χ3n) is 2.70. The molecule has 0 aliphatic carbocycles. The van der Waals surface area contributed by atoms with Gasteiger partial charge in [-0.05, 0) is 26.3 Å². The van der Waals surface area contributed by atoms with Gasteiger partial charge in [0, 0.05) is 0 Å². The summed E-state index contributed by atoms with van der Waals surface area (Å²) in [5.41, 5.74) is 1.34. The van der Waals surface area contributed by atoms with Crippen molar-refractivity contribution in [1.82, 2.24) is 0 Å². The van der Waals surface area contributed by atoms with Gasteiger partial charge < -0.3 is 15.6 Å². The van der Waals surface area contributed by atoms with Crippen molar-refractivity contribution in [3.05, 3.63) is 35.9 Å². The molecule has 0 saturated heterocycles. The standard InChI is InChI=1S/C14H18ClNO4/c1-13(2,3)20-12(19)14(10(15)16,11(17)18)9-7-5-4-6-8-9/h4-8,10H,16H2,1-3H3,(H,17,18)/t10?,14-/m0/s1. The number of carboxylic acid groups (broad SMARTS) is 1. The van der Waals surface area contributed by atoms with Gasteiger partial charge in [-0.1, -0.05) is 30.3 Å². The first-order chi connectivity index (χ1) is 9.12. The van der Waals surface area contributed by atoms with Crippen molar-refractivity contribution in [2.24, 2.45) is 5.73 Å². The zero-order chi connectivity index (χ0) is 15.6. The number of nitrogens with two attached hydrogens (primary N) is 1. The van der Waals surface area contributed by atoms with Crippen LogP contribution in [0.5, 0.6) is 0 Å². The quantitative estimate of drug-likeness (QED) is 0.383. The van der Waals surface area contributed by atoms with E-state index in [2.05, 4.69) is 0 Å². The third kappa shape index (κ3) is 3.11. The third-order valence-corrected chi connectivity index (χ3v) is 3.03. The highest BCUT2D eigenvalue weighted by atomic mass is 35.5. The van der Waals surface area contributed by atoms with Crippen molar-refractivity contribution >= 4 is 23.5 Å². The monoisotopic (exact) mass is 299 g/mol. The first kappa shape index (κ1) is 16.5. The first-order valence-corrected chi connectivity index (χ1v) is 6.48. The molecule has 2 atom stereocenters. The topological polar surface area (TPSA) is 89.6 Å². The number of alkyl halides is 1. The van der Waals surface area contributed by atoms with Crippen molar-refractivity contribution in [2.75, 3.05) is 0 Å².